The van der Waals surface area contributed by atoms with Crippen molar-refractivity contribution in [2.45, 2.75) is 58.3 Å². The SMILES string of the molecule is C=C1[C@@H]2CC[C@H]3[C@]4(C)C=CC(=O)C(C)(C)[C@H]4C[C@@H](O)[C@]3([C@@H]2O)[C@H]1O. The third-order valence-electron chi connectivity index (χ3n) is 8.20. The first-order valence-corrected chi connectivity index (χ1v) is 9.06. The van der Waals surface area contributed by atoms with Crippen LogP contribution in [0.25, 0.3) is 0 Å². The predicted octanol–water partition coefficient (Wildman–Crippen LogP) is 1.84. The molecule has 132 valence electrons. The summed E-state index contributed by atoms with van der Waals surface area (Å²) in [6.07, 6.45) is 3.22. The van der Waals surface area contributed by atoms with Crippen LogP contribution in [0.2, 0.25) is 0 Å². The molecule has 0 unspecified atom stereocenters. The van der Waals surface area contributed by atoms with Crippen molar-refractivity contribution in [3.8, 4) is 0 Å². The highest BCUT2D eigenvalue weighted by Gasteiger charge is 2.73. The Balaban J connectivity index is 1.91. The van der Waals surface area contributed by atoms with Crippen LogP contribution in [-0.4, -0.2) is 39.4 Å². The van der Waals surface area contributed by atoms with Gasteiger partial charge in [-0.3, -0.25) is 4.79 Å². The maximum atomic E-state index is 12.4. The van der Waals surface area contributed by atoms with Gasteiger partial charge in [0.25, 0.3) is 0 Å². The van der Waals surface area contributed by atoms with Gasteiger partial charge in [0.1, 0.15) is 0 Å². The molecule has 1 spiro atoms. The lowest BCUT2D eigenvalue weighted by Gasteiger charge is -2.64. The molecular weight excluding hydrogens is 304 g/mol. The van der Waals surface area contributed by atoms with Crippen molar-refractivity contribution in [3.05, 3.63) is 24.3 Å². The number of allylic oxidation sites excluding steroid dienone is 2. The van der Waals surface area contributed by atoms with Crippen LogP contribution in [0.3, 0.4) is 0 Å². The van der Waals surface area contributed by atoms with E-state index in [1.165, 1.54) is 0 Å². The van der Waals surface area contributed by atoms with Gasteiger partial charge in [-0.2, -0.15) is 0 Å². The highest BCUT2D eigenvalue weighted by atomic mass is 16.3. The van der Waals surface area contributed by atoms with Gasteiger partial charge in [0, 0.05) is 11.3 Å². The Morgan fingerprint density at radius 1 is 1.12 bits per heavy atom. The minimum Gasteiger partial charge on any atom is -0.392 e. The van der Waals surface area contributed by atoms with E-state index in [9.17, 15) is 20.1 Å². The number of fused-ring (bicyclic) bond motifs is 3. The topological polar surface area (TPSA) is 77.8 Å². The van der Waals surface area contributed by atoms with Gasteiger partial charge in [0.2, 0.25) is 0 Å². The van der Waals surface area contributed by atoms with E-state index in [1.807, 2.05) is 19.9 Å². The van der Waals surface area contributed by atoms with Crippen LogP contribution in [-0.2, 0) is 4.79 Å². The molecule has 3 N–H and O–H groups in total. The number of ketones is 1. The maximum Gasteiger partial charge on any atom is 0.161 e. The Kier molecular flexibility index (Phi) is 3.16. The second-order valence-electron chi connectivity index (χ2n) is 9.25. The highest BCUT2D eigenvalue weighted by molar-refractivity contribution is 5.95. The van der Waals surface area contributed by atoms with Crippen LogP contribution in [0.5, 0.6) is 0 Å². The number of aliphatic hydroxyl groups excluding tert-OH is 3. The molecule has 0 aromatic rings. The molecule has 3 fully saturated rings. The number of hydrogen-bond donors (Lipinski definition) is 3. The van der Waals surface area contributed by atoms with E-state index in [1.54, 1.807) is 6.08 Å². The van der Waals surface area contributed by atoms with Crippen molar-refractivity contribution in [2.75, 3.05) is 0 Å². The second kappa shape index (κ2) is 4.60. The third kappa shape index (κ3) is 1.54. The number of carbonyl (C=O) groups excluding carboxylic acids is 1. The van der Waals surface area contributed by atoms with Crippen LogP contribution in [0.1, 0.15) is 40.0 Å². The molecule has 4 aliphatic carbocycles. The first-order chi connectivity index (χ1) is 11.1. The molecule has 2 bridgehead atoms. The second-order valence-corrected chi connectivity index (χ2v) is 9.25. The van der Waals surface area contributed by atoms with Gasteiger partial charge in [-0.15, -0.1) is 0 Å². The van der Waals surface area contributed by atoms with Crippen LogP contribution >= 0.6 is 0 Å². The molecule has 0 amide bonds. The summed E-state index contributed by atoms with van der Waals surface area (Å²) in [4.78, 5) is 12.4. The Morgan fingerprint density at radius 2 is 1.79 bits per heavy atom. The van der Waals surface area contributed by atoms with Gasteiger partial charge in [0.05, 0.1) is 23.7 Å². The van der Waals surface area contributed by atoms with E-state index in [2.05, 4.69) is 13.5 Å². The number of hydrogen-bond acceptors (Lipinski definition) is 4. The van der Waals surface area contributed by atoms with Crippen molar-refractivity contribution in [1.82, 2.24) is 0 Å². The van der Waals surface area contributed by atoms with Crippen molar-refractivity contribution < 1.29 is 20.1 Å². The van der Waals surface area contributed by atoms with Crippen molar-refractivity contribution in [3.63, 3.8) is 0 Å². The zero-order chi connectivity index (χ0) is 17.7. The summed E-state index contributed by atoms with van der Waals surface area (Å²) >= 11 is 0. The highest BCUT2D eigenvalue weighted by Crippen LogP contribution is 2.70. The molecular formula is C20H28O4. The van der Waals surface area contributed by atoms with Crippen LogP contribution in [0.4, 0.5) is 0 Å². The molecule has 0 radical (unpaired) electrons. The lowest BCUT2D eigenvalue weighted by Crippen LogP contribution is -2.67. The predicted molar refractivity (Wildman–Crippen MR) is 89.9 cm³/mol. The Labute approximate surface area is 143 Å². The minimum absolute atomic E-state index is 0.00191. The molecule has 0 heterocycles. The quantitative estimate of drug-likeness (QED) is 0.592. The summed E-state index contributed by atoms with van der Waals surface area (Å²) in [6, 6.07) is 0. The minimum atomic E-state index is -0.952. The lowest BCUT2D eigenvalue weighted by molar-refractivity contribution is -0.231. The van der Waals surface area contributed by atoms with E-state index in [0.717, 1.165) is 12.8 Å². The number of carbonyl (C=O) groups is 1. The Morgan fingerprint density at radius 3 is 2.46 bits per heavy atom. The molecule has 8 atom stereocenters. The summed E-state index contributed by atoms with van der Waals surface area (Å²) in [7, 11) is 0. The first-order valence-electron chi connectivity index (χ1n) is 9.06. The average Bonchev–Trinajstić information content (AvgIpc) is 2.64. The zero-order valence-corrected chi connectivity index (χ0v) is 14.7. The van der Waals surface area contributed by atoms with Gasteiger partial charge in [0.15, 0.2) is 5.78 Å². The fourth-order valence-electron chi connectivity index (χ4n) is 6.90. The first kappa shape index (κ1) is 16.5. The van der Waals surface area contributed by atoms with Crippen molar-refractivity contribution in [2.24, 2.45) is 34.0 Å². The molecule has 4 heteroatoms. The summed E-state index contributed by atoms with van der Waals surface area (Å²) < 4.78 is 0. The normalized spacial score (nSPS) is 55.2. The van der Waals surface area contributed by atoms with Gasteiger partial charge in [-0.05, 0) is 48.2 Å². The van der Waals surface area contributed by atoms with E-state index >= 15 is 0 Å². The molecule has 3 saturated carbocycles. The van der Waals surface area contributed by atoms with Crippen LogP contribution < -0.4 is 0 Å². The molecule has 0 aliphatic heterocycles. The Hall–Kier alpha value is -0.970. The molecule has 4 aliphatic rings. The van der Waals surface area contributed by atoms with E-state index in [4.69, 9.17) is 0 Å². The van der Waals surface area contributed by atoms with Crippen LogP contribution in [0.15, 0.2) is 24.3 Å². The molecule has 0 aromatic heterocycles. The van der Waals surface area contributed by atoms with Gasteiger partial charge >= 0.3 is 0 Å². The smallest absolute Gasteiger partial charge is 0.161 e. The molecule has 0 saturated heterocycles. The Bertz CT molecular complexity index is 650. The third-order valence-corrected chi connectivity index (χ3v) is 8.20. The molecule has 0 aromatic carbocycles. The summed E-state index contributed by atoms with van der Waals surface area (Å²) in [6.45, 7) is 10.1. The van der Waals surface area contributed by atoms with Gasteiger partial charge in [-0.25, -0.2) is 0 Å². The number of aliphatic hydroxyl groups is 3. The van der Waals surface area contributed by atoms with Gasteiger partial charge in [-0.1, -0.05) is 33.4 Å². The zero-order valence-electron chi connectivity index (χ0n) is 14.7. The van der Waals surface area contributed by atoms with E-state index in [0.29, 0.717) is 12.0 Å². The maximum absolute atomic E-state index is 12.4. The molecule has 4 nitrogen and oxygen atoms in total. The molecule has 4 rings (SSSR count). The van der Waals surface area contributed by atoms with Gasteiger partial charge < -0.3 is 15.3 Å². The lowest BCUT2D eigenvalue weighted by atomic mass is 9.41. The summed E-state index contributed by atoms with van der Waals surface area (Å²) in [5.74, 6) is -0.104. The summed E-state index contributed by atoms with van der Waals surface area (Å²) in [5.41, 5.74) is -1.16. The average molecular weight is 332 g/mol. The molecule has 24 heavy (non-hydrogen) atoms. The van der Waals surface area contributed by atoms with E-state index in [-0.39, 0.29) is 29.0 Å². The monoisotopic (exact) mass is 332 g/mol. The largest absolute Gasteiger partial charge is 0.392 e. The van der Waals surface area contributed by atoms with Crippen molar-refractivity contribution in [1.29, 1.82) is 0 Å². The fraction of sp³-hybridized carbons (Fsp3) is 0.750. The van der Waals surface area contributed by atoms with E-state index < -0.39 is 29.1 Å². The fourth-order valence-corrected chi connectivity index (χ4v) is 6.90. The van der Waals surface area contributed by atoms with Crippen molar-refractivity contribution >= 4 is 5.78 Å². The van der Waals surface area contributed by atoms with Crippen LogP contribution in [0, 0.1) is 34.0 Å². The standard InChI is InChI=1S/C20H28O4/c1-10-11-5-6-12-19(4)8-7-14(21)18(2,3)13(19)9-15(22)20(12,16(10)23)17(11)24/h7-8,11-13,15-17,22-24H,1,5-6,9H2,2-4H3/t11-,12-,13+,15+,16-,17+,19-,20-/m0/s1. The summed E-state index contributed by atoms with van der Waals surface area (Å²) in [5, 5.41) is 33.1. The number of rotatable bonds is 0.